The van der Waals surface area contributed by atoms with Crippen molar-refractivity contribution >= 4 is 11.6 Å². The van der Waals surface area contributed by atoms with Crippen LogP contribution in [-0.4, -0.2) is 18.0 Å². The summed E-state index contributed by atoms with van der Waals surface area (Å²) < 4.78 is 31.3. The van der Waals surface area contributed by atoms with Gasteiger partial charge in [-0.3, -0.25) is 4.79 Å². The second-order valence-electron chi connectivity index (χ2n) is 5.22. The number of rotatable bonds is 4. The molecule has 4 nitrogen and oxygen atoms in total. The Labute approximate surface area is 143 Å². The average Bonchev–Trinajstić information content (AvgIpc) is 2.63. The molecule has 1 amide bonds. The Balaban J connectivity index is 1.91. The third-order valence-corrected chi connectivity index (χ3v) is 3.53. The molecule has 0 fully saturated rings. The molecule has 0 bridgehead atoms. The highest BCUT2D eigenvalue weighted by Crippen LogP contribution is 2.28. The molecule has 25 heavy (non-hydrogen) atoms. The Morgan fingerprint density at radius 1 is 0.920 bits per heavy atom. The summed E-state index contributed by atoms with van der Waals surface area (Å²) in [5, 5.41) is 2.64. The van der Waals surface area contributed by atoms with Gasteiger partial charge in [-0.15, -0.1) is 0 Å². The Morgan fingerprint density at radius 2 is 1.52 bits per heavy atom. The maximum Gasteiger partial charge on any atom is 0.274 e. The molecule has 1 heterocycles. The smallest absolute Gasteiger partial charge is 0.274 e. The van der Waals surface area contributed by atoms with E-state index in [1.807, 2.05) is 0 Å². The Kier molecular flexibility index (Phi) is 4.70. The molecule has 0 unspecified atom stereocenters. The van der Waals surface area contributed by atoms with Crippen molar-refractivity contribution in [1.82, 2.24) is 4.98 Å². The fourth-order valence-corrected chi connectivity index (χ4v) is 2.28. The van der Waals surface area contributed by atoms with Crippen LogP contribution in [0.15, 0.2) is 60.7 Å². The summed E-state index contributed by atoms with van der Waals surface area (Å²) in [5.41, 5.74) is 1.65. The Hall–Kier alpha value is -3.28. The van der Waals surface area contributed by atoms with Crippen molar-refractivity contribution in [3.63, 3.8) is 0 Å². The SMILES string of the molecule is COc1ccc(C(=O)Nc2ccc(F)cc2)nc1-c1ccc(F)cc1. The van der Waals surface area contributed by atoms with Crippen LogP contribution in [0.1, 0.15) is 10.5 Å². The van der Waals surface area contributed by atoms with E-state index in [0.29, 0.717) is 22.7 Å². The van der Waals surface area contributed by atoms with Crippen molar-refractivity contribution in [2.75, 3.05) is 12.4 Å². The molecule has 0 saturated heterocycles. The van der Waals surface area contributed by atoms with Gasteiger partial charge in [0.05, 0.1) is 7.11 Å². The van der Waals surface area contributed by atoms with Crippen molar-refractivity contribution < 1.29 is 18.3 Å². The molecule has 126 valence electrons. The van der Waals surface area contributed by atoms with Crippen LogP contribution in [0.25, 0.3) is 11.3 Å². The van der Waals surface area contributed by atoms with Gasteiger partial charge in [0.25, 0.3) is 5.91 Å². The van der Waals surface area contributed by atoms with E-state index in [0.717, 1.165) is 0 Å². The number of benzene rings is 2. The first-order valence-electron chi connectivity index (χ1n) is 7.45. The van der Waals surface area contributed by atoms with Crippen LogP contribution < -0.4 is 10.1 Å². The summed E-state index contributed by atoms with van der Waals surface area (Å²) in [4.78, 5) is 16.7. The van der Waals surface area contributed by atoms with Gasteiger partial charge in [0.2, 0.25) is 0 Å². The molecule has 1 aromatic heterocycles. The number of nitrogens with one attached hydrogen (secondary N) is 1. The molecule has 0 spiro atoms. The summed E-state index contributed by atoms with van der Waals surface area (Å²) in [5.74, 6) is -0.741. The highest BCUT2D eigenvalue weighted by molar-refractivity contribution is 6.03. The molecule has 0 aliphatic rings. The van der Waals surface area contributed by atoms with E-state index in [1.54, 1.807) is 18.2 Å². The minimum atomic E-state index is -0.447. The van der Waals surface area contributed by atoms with Crippen LogP contribution >= 0.6 is 0 Å². The number of ether oxygens (including phenoxy) is 1. The van der Waals surface area contributed by atoms with E-state index in [4.69, 9.17) is 4.74 Å². The number of amides is 1. The van der Waals surface area contributed by atoms with E-state index in [1.165, 1.54) is 49.6 Å². The van der Waals surface area contributed by atoms with Crippen LogP contribution in [0.2, 0.25) is 0 Å². The van der Waals surface area contributed by atoms with Crippen molar-refractivity contribution in [3.05, 3.63) is 78.0 Å². The zero-order chi connectivity index (χ0) is 17.8. The van der Waals surface area contributed by atoms with Crippen molar-refractivity contribution in [2.24, 2.45) is 0 Å². The largest absolute Gasteiger partial charge is 0.494 e. The number of carbonyl (C=O) groups is 1. The monoisotopic (exact) mass is 340 g/mol. The summed E-state index contributed by atoms with van der Waals surface area (Å²) >= 11 is 0. The van der Waals surface area contributed by atoms with E-state index >= 15 is 0 Å². The van der Waals surface area contributed by atoms with Gasteiger partial charge in [-0.2, -0.15) is 0 Å². The summed E-state index contributed by atoms with van der Waals surface area (Å²) in [7, 11) is 1.49. The number of methoxy groups -OCH3 is 1. The lowest BCUT2D eigenvalue weighted by Crippen LogP contribution is -2.14. The van der Waals surface area contributed by atoms with Gasteiger partial charge in [-0.25, -0.2) is 13.8 Å². The fourth-order valence-electron chi connectivity index (χ4n) is 2.28. The number of pyridine rings is 1. The average molecular weight is 340 g/mol. The van der Waals surface area contributed by atoms with E-state index < -0.39 is 5.91 Å². The van der Waals surface area contributed by atoms with Gasteiger partial charge in [0, 0.05) is 11.3 Å². The van der Waals surface area contributed by atoms with Gasteiger partial charge in [-0.05, 0) is 60.7 Å². The van der Waals surface area contributed by atoms with Crippen molar-refractivity contribution in [3.8, 4) is 17.0 Å². The van der Waals surface area contributed by atoms with E-state index in [9.17, 15) is 13.6 Å². The summed E-state index contributed by atoms with van der Waals surface area (Å²) in [6.45, 7) is 0. The molecule has 0 atom stereocenters. The number of aromatic nitrogens is 1. The third kappa shape index (κ3) is 3.80. The number of hydrogen-bond donors (Lipinski definition) is 1. The predicted octanol–water partition coefficient (Wildman–Crippen LogP) is 4.29. The second-order valence-corrected chi connectivity index (χ2v) is 5.22. The highest BCUT2D eigenvalue weighted by Gasteiger charge is 2.14. The standard InChI is InChI=1S/C19H14F2N2O2/c1-25-17-11-10-16(19(24)22-15-8-6-14(21)7-9-15)23-18(17)12-2-4-13(20)5-3-12/h2-11H,1H3,(H,22,24). The van der Waals surface area contributed by atoms with Crippen LogP contribution in [0.3, 0.4) is 0 Å². The number of carbonyl (C=O) groups excluding carboxylic acids is 1. The van der Waals surface area contributed by atoms with E-state index in [2.05, 4.69) is 10.3 Å². The highest BCUT2D eigenvalue weighted by atomic mass is 19.1. The van der Waals surface area contributed by atoms with Gasteiger partial charge in [0.15, 0.2) is 0 Å². The van der Waals surface area contributed by atoms with Crippen LogP contribution in [0.4, 0.5) is 14.5 Å². The number of halogens is 2. The Morgan fingerprint density at radius 3 is 2.12 bits per heavy atom. The first kappa shape index (κ1) is 16.6. The molecule has 3 aromatic rings. The van der Waals surface area contributed by atoms with Gasteiger partial charge in [-0.1, -0.05) is 0 Å². The first-order chi connectivity index (χ1) is 12.1. The lowest BCUT2D eigenvalue weighted by atomic mass is 10.1. The molecule has 0 aliphatic carbocycles. The van der Waals surface area contributed by atoms with Crippen molar-refractivity contribution in [2.45, 2.75) is 0 Å². The van der Waals surface area contributed by atoms with Crippen LogP contribution in [0.5, 0.6) is 5.75 Å². The van der Waals surface area contributed by atoms with Gasteiger partial charge < -0.3 is 10.1 Å². The molecule has 0 aliphatic heterocycles. The quantitative estimate of drug-likeness (QED) is 0.771. The molecule has 0 radical (unpaired) electrons. The first-order valence-corrected chi connectivity index (χ1v) is 7.45. The van der Waals surface area contributed by atoms with Gasteiger partial charge in [0.1, 0.15) is 28.8 Å². The number of hydrogen-bond acceptors (Lipinski definition) is 3. The van der Waals surface area contributed by atoms with Crippen molar-refractivity contribution in [1.29, 1.82) is 0 Å². The normalized spacial score (nSPS) is 10.4. The topological polar surface area (TPSA) is 51.2 Å². The molecular weight excluding hydrogens is 326 g/mol. The lowest BCUT2D eigenvalue weighted by molar-refractivity contribution is 0.102. The lowest BCUT2D eigenvalue weighted by Gasteiger charge is -2.10. The third-order valence-electron chi connectivity index (χ3n) is 3.53. The minimum absolute atomic E-state index is 0.157. The zero-order valence-electron chi connectivity index (χ0n) is 13.3. The number of nitrogens with zero attached hydrogens (tertiary/aromatic N) is 1. The maximum absolute atomic E-state index is 13.1. The minimum Gasteiger partial charge on any atom is -0.494 e. The van der Waals surface area contributed by atoms with E-state index in [-0.39, 0.29) is 17.3 Å². The second kappa shape index (κ2) is 7.09. The number of anilines is 1. The maximum atomic E-state index is 13.1. The fraction of sp³-hybridized carbons (Fsp3) is 0.0526. The summed E-state index contributed by atoms with van der Waals surface area (Å²) in [6, 6.07) is 14.3. The molecule has 1 N–H and O–H groups in total. The molecule has 3 rings (SSSR count). The van der Waals surface area contributed by atoms with Gasteiger partial charge >= 0.3 is 0 Å². The predicted molar refractivity (Wildman–Crippen MR) is 90.5 cm³/mol. The Bertz CT molecular complexity index is 894. The molecular formula is C19H14F2N2O2. The molecule has 2 aromatic carbocycles. The van der Waals surface area contributed by atoms with Crippen LogP contribution in [0, 0.1) is 11.6 Å². The molecule has 0 saturated carbocycles. The molecule has 6 heteroatoms. The van der Waals surface area contributed by atoms with Crippen LogP contribution in [-0.2, 0) is 0 Å². The zero-order valence-corrected chi connectivity index (χ0v) is 13.3. The summed E-state index contributed by atoms with van der Waals surface area (Å²) in [6.07, 6.45) is 0.